The third kappa shape index (κ3) is 6.21. The average molecular weight is 122 g/mol. The van der Waals surface area contributed by atoms with Crippen molar-refractivity contribution in [3.63, 3.8) is 0 Å². The molecule has 0 radical (unpaired) electrons. The highest BCUT2D eigenvalue weighted by Gasteiger charge is 2.05. The van der Waals surface area contributed by atoms with Gasteiger partial charge in [0.2, 0.25) is 0 Å². The molecule has 0 bridgehead atoms. The topological polar surface area (TPSA) is 46.5 Å². The maximum Gasteiger partial charge on any atom is 0.310 e. The molecule has 0 aromatic carbocycles. The summed E-state index contributed by atoms with van der Waals surface area (Å²) in [5, 5.41) is 0. The lowest BCUT2D eigenvalue weighted by atomic mass is 10.1. The Balaban J connectivity index is 3.36. The van der Waals surface area contributed by atoms with Gasteiger partial charge in [-0.2, -0.15) is 0 Å². The van der Waals surface area contributed by atoms with E-state index in [9.17, 15) is 4.57 Å². The van der Waals surface area contributed by atoms with Gasteiger partial charge in [-0.1, -0.05) is 6.82 Å². The van der Waals surface area contributed by atoms with Crippen molar-refractivity contribution in [3.8, 4) is 0 Å². The Morgan fingerprint density at radius 3 is 2.29 bits per heavy atom. The smallest absolute Gasteiger partial charge is 0.310 e. The van der Waals surface area contributed by atoms with Gasteiger partial charge in [-0.3, -0.25) is 4.57 Å². The van der Waals surface area contributed by atoms with Crippen molar-refractivity contribution in [1.29, 1.82) is 0 Å². The van der Waals surface area contributed by atoms with Crippen LogP contribution in [0, 0.1) is 0 Å². The third-order valence-electron chi connectivity index (χ3n) is 0.369. The van der Waals surface area contributed by atoms with E-state index in [2.05, 4.69) is 4.44 Å². The standard InChI is InChI=1S/C2H8BO3P/c1-3-6-7(2,4)5/h3H,1-2H3,(H,4,5). The van der Waals surface area contributed by atoms with Crippen molar-refractivity contribution in [2.45, 2.75) is 6.82 Å². The predicted molar refractivity (Wildman–Crippen MR) is 29.8 cm³/mol. The molecular weight excluding hydrogens is 114 g/mol. The van der Waals surface area contributed by atoms with Gasteiger partial charge in [0, 0.05) is 6.66 Å². The van der Waals surface area contributed by atoms with E-state index in [0.717, 1.165) is 6.66 Å². The summed E-state index contributed by atoms with van der Waals surface area (Å²) < 4.78 is 14.5. The first-order valence-corrected chi connectivity index (χ1v) is 4.03. The van der Waals surface area contributed by atoms with E-state index in [0.29, 0.717) is 7.48 Å². The van der Waals surface area contributed by atoms with E-state index in [4.69, 9.17) is 4.89 Å². The Morgan fingerprint density at radius 1 is 1.86 bits per heavy atom. The number of hydrogen-bond donors (Lipinski definition) is 1. The van der Waals surface area contributed by atoms with Crippen LogP contribution in [-0.2, 0) is 9.01 Å². The van der Waals surface area contributed by atoms with Gasteiger partial charge in [-0.15, -0.1) is 0 Å². The van der Waals surface area contributed by atoms with Gasteiger partial charge in [-0.25, -0.2) is 0 Å². The van der Waals surface area contributed by atoms with Gasteiger partial charge in [0.05, 0.1) is 0 Å². The van der Waals surface area contributed by atoms with Crippen LogP contribution in [0.5, 0.6) is 0 Å². The molecule has 0 spiro atoms. The predicted octanol–water partition coefficient (Wildman–Crippen LogP) is 0.218. The minimum absolute atomic E-state index is 0.296. The Kier molecular flexibility index (Phi) is 2.58. The van der Waals surface area contributed by atoms with E-state index in [1.54, 1.807) is 6.82 Å². The van der Waals surface area contributed by atoms with Crippen LogP contribution in [0.1, 0.15) is 0 Å². The Bertz CT molecular complexity index is 86.9. The lowest BCUT2D eigenvalue weighted by Gasteiger charge is -2.00. The molecule has 1 unspecified atom stereocenters. The molecular formula is C2H8BO3P. The fourth-order valence-electron chi connectivity index (χ4n) is 0.240. The van der Waals surface area contributed by atoms with Gasteiger partial charge in [0.1, 0.15) is 0 Å². The van der Waals surface area contributed by atoms with Crippen LogP contribution in [0.3, 0.4) is 0 Å². The van der Waals surface area contributed by atoms with Crippen LogP contribution < -0.4 is 0 Å². The monoisotopic (exact) mass is 122 g/mol. The summed E-state index contributed by atoms with van der Waals surface area (Å²) in [5.74, 6) is 0. The molecule has 0 aliphatic rings. The van der Waals surface area contributed by atoms with Crippen molar-refractivity contribution in [1.82, 2.24) is 0 Å². The molecule has 5 heteroatoms. The quantitative estimate of drug-likeness (QED) is 0.420. The second-order valence-corrected chi connectivity index (χ2v) is 3.08. The van der Waals surface area contributed by atoms with E-state index < -0.39 is 7.60 Å². The van der Waals surface area contributed by atoms with E-state index in [1.165, 1.54) is 0 Å². The van der Waals surface area contributed by atoms with Gasteiger partial charge in [-0.05, 0) is 0 Å². The molecule has 3 nitrogen and oxygen atoms in total. The molecule has 0 amide bonds. The summed E-state index contributed by atoms with van der Waals surface area (Å²) in [6.07, 6.45) is 0. The first kappa shape index (κ1) is 7.21. The first-order valence-electron chi connectivity index (χ1n) is 2.01. The summed E-state index contributed by atoms with van der Waals surface area (Å²) in [4.78, 5) is 8.35. The maximum absolute atomic E-state index is 10.1. The minimum Gasteiger partial charge on any atom is -0.375 e. The van der Waals surface area contributed by atoms with Crippen LogP contribution >= 0.6 is 7.60 Å². The summed E-state index contributed by atoms with van der Waals surface area (Å²) >= 11 is 0. The van der Waals surface area contributed by atoms with Crippen molar-refractivity contribution in [2.75, 3.05) is 6.66 Å². The van der Waals surface area contributed by atoms with Gasteiger partial charge in [0.25, 0.3) is 7.48 Å². The van der Waals surface area contributed by atoms with Crippen LogP contribution in [0.25, 0.3) is 0 Å². The first-order chi connectivity index (χ1) is 3.06. The van der Waals surface area contributed by atoms with Crippen LogP contribution in [0.2, 0.25) is 6.82 Å². The fraction of sp³-hybridized carbons (Fsp3) is 1.00. The summed E-state index contributed by atoms with van der Waals surface area (Å²) in [6, 6.07) is 0. The molecule has 0 aromatic rings. The second-order valence-electron chi connectivity index (χ2n) is 1.22. The molecule has 42 valence electrons. The summed E-state index contributed by atoms with van der Waals surface area (Å²) in [5.41, 5.74) is 0. The van der Waals surface area contributed by atoms with E-state index >= 15 is 0 Å². The molecule has 0 aliphatic carbocycles. The maximum atomic E-state index is 10.1. The molecule has 7 heavy (non-hydrogen) atoms. The zero-order valence-electron chi connectivity index (χ0n) is 4.42. The number of hydrogen-bond acceptors (Lipinski definition) is 2. The lowest BCUT2D eigenvalue weighted by molar-refractivity contribution is 0.397. The Morgan fingerprint density at radius 2 is 2.29 bits per heavy atom. The molecule has 0 heterocycles. The Labute approximate surface area is 43.5 Å². The molecule has 1 N–H and O–H groups in total. The normalized spacial score (nSPS) is 18.1. The molecule has 0 aromatic heterocycles. The highest BCUT2D eigenvalue weighted by atomic mass is 31.2. The largest absolute Gasteiger partial charge is 0.375 e. The van der Waals surface area contributed by atoms with Crippen LogP contribution in [-0.4, -0.2) is 19.0 Å². The fourth-order valence-corrected chi connectivity index (χ4v) is 0.719. The van der Waals surface area contributed by atoms with Crippen molar-refractivity contribution >= 4 is 15.1 Å². The van der Waals surface area contributed by atoms with Crippen molar-refractivity contribution in [3.05, 3.63) is 0 Å². The van der Waals surface area contributed by atoms with Gasteiger partial charge >= 0.3 is 7.60 Å². The Hall–Kier alpha value is 0.215. The summed E-state index contributed by atoms with van der Waals surface area (Å²) in [6.45, 7) is 2.84. The zero-order valence-corrected chi connectivity index (χ0v) is 5.31. The lowest BCUT2D eigenvalue weighted by Crippen LogP contribution is -1.87. The average Bonchev–Trinajstić information content (AvgIpc) is 1.30. The zero-order chi connectivity index (χ0) is 5.91. The molecule has 0 saturated heterocycles. The number of rotatable bonds is 2. The molecule has 1 atom stereocenters. The van der Waals surface area contributed by atoms with Crippen molar-refractivity contribution in [2.24, 2.45) is 0 Å². The molecule has 0 fully saturated rings. The SMILES string of the molecule is CBOP(C)(=O)O. The second kappa shape index (κ2) is 2.50. The van der Waals surface area contributed by atoms with E-state index in [-0.39, 0.29) is 0 Å². The molecule has 0 aliphatic heterocycles. The molecule has 0 saturated carbocycles. The van der Waals surface area contributed by atoms with E-state index in [1.807, 2.05) is 0 Å². The highest BCUT2D eigenvalue weighted by molar-refractivity contribution is 7.52. The van der Waals surface area contributed by atoms with Crippen LogP contribution in [0.4, 0.5) is 0 Å². The van der Waals surface area contributed by atoms with Crippen LogP contribution in [0.15, 0.2) is 0 Å². The highest BCUT2D eigenvalue weighted by Crippen LogP contribution is 2.35. The van der Waals surface area contributed by atoms with Gasteiger partial charge in [0.15, 0.2) is 0 Å². The van der Waals surface area contributed by atoms with Crippen molar-refractivity contribution < 1.29 is 13.9 Å². The molecule has 0 rings (SSSR count). The summed E-state index contributed by atoms with van der Waals surface area (Å²) in [7, 11) is -2.87. The van der Waals surface area contributed by atoms with Gasteiger partial charge < -0.3 is 9.33 Å². The minimum atomic E-state index is -3.17. The third-order valence-corrected chi connectivity index (χ3v) is 1.11.